The number of aryl methyl sites for hydroxylation is 1. The summed E-state index contributed by atoms with van der Waals surface area (Å²) in [5.41, 5.74) is 1.07. The Morgan fingerprint density at radius 2 is 1.95 bits per heavy atom. The molecule has 0 amide bonds. The van der Waals surface area contributed by atoms with Crippen LogP contribution >= 0.6 is 0 Å². The normalized spacial score (nSPS) is 12.3. The first kappa shape index (κ1) is 15.6. The third kappa shape index (κ3) is 4.09. The van der Waals surface area contributed by atoms with Crippen LogP contribution in [-0.4, -0.2) is 26.9 Å². The first-order chi connectivity index (χ1) is 10.3. The second-order valence-electron chi connectivity index (χ2n) is 4.82. The topological polar surface area (TPSA) is 43.6 Å². The second-order valence-corrected chi connectivity index (χ2v) is 4.82. The van der Waals surface area contributed by atoms with E-state index in [9.17, 15) is 0 Å². The van der Waals surface area contributed by atoms with E-state index in [2.05, 4.69) is 18.3 Å². The third-order valence-corrected chi connectivity index (χ3v) is 3.23. The zero-order valence-corrected chi connectivity index (χ0v) is 12.9. The van der Waals surface area contributed by atoms with Crippen LogP contribution in [-0.2, 0) is 4.74 Å². The van der Waals surface area contributed by atoms with Crippen molar-refractivity contribution in [1.82, 2.24) is 5.32 Å². The van der Waals surface area contributed by atoms with Crippen molar-refractivity contribution in [2.45, 2.75) is 19.9 Å². The molecule has 0 aliphatic heterocycles. The molecule has 0 aliphatic carbocycles. The van der Waals surface area contributed by atoms with Crippen molar-refractivity contribution in [2.24, 2.45) is 0 Å². The first-order valence-corrected chi connectivity index (χ1v) is 7.26. The standard InChI is InChI=1S/C17H23NO3/c1-4-18-17(16-10-9-13(2)21-16)14-7-5-6-8-15(14)20-12-11-19-3/h5-10,17-18H,4,11-12H2,1-3H3. The van der Waals surface area contributed by atoms with Gasteiger partial charge in [-0.2, -0.15) is 0 Å². The van der Waals surface area contributed by atoms with Gasteiger partial charge in [-0.15, -0.1) is 0 Å². The number of ether oxygens (including phenoxy) is 2. The maximum atomic E-state index is 5.83. The lowest BCUT2D eigenvalue weighted by molar-refractivity contribution is 0.145. The molecule has 0 aliphatic rings. The van der Waals surface area contributed by atoms with Crippen molar-refractivity contribution in [3.63, 3.8) is 0 Å². The van der Waals surface area contributed by atoms with Crippen LogP contribution < -0.4 is 10.1 Å². The summed E-state index contributed by atoms with van der Waals surface area (Å²) in [5, 5.41) is 3.45. The Morgan fingerprint density at radius 3 is 2.62 bits per heavy atom. The van der Waals surface area contributed by atoms with Gasteiger partial charge in [0.1, 0.15) is 23.9 Å². The van der Waals surface area contributed by atoms with Gasteiger partial charge in [-0.05, 0) is 31.7 Å². The molecule has 1 N–H and O–H groups in total. The fourth-order valence-corrected chi connectivity index (χ4v) is 2.26. The van der Waals surface area contributed by atoms with Crippen LogP contribution in [0.3, 0.4) is 0 Å². The minimum Gasteiger partial charge on any atom is -0.491 e. The molecule has 21 heavy (non-hydrogen) atoms. The van der Waals surface area contributed by atoms with Crippen molar-refractivity contribution >= 4 is 0 Å². The maximum absolute atomic E-state index is 5.83. The fourth-order valence-electron chi connectivity index (χ4n) is 2.26. The summed E-state index contributed by atoms with van der Waals surface area (Å²) >= 11 is 0. The maximum Gasteiger partial charge on any atom is 0.125 e. The average Bonchev–Trinajstić information content (AvgIpc) is 2.92. The third-order valence-electron chi connectivity index (χ3n) is 3.23. The molecule has 0 fully saturated rings. The van der Waals surface area contributed by atoms with Gasteiger partial charge < -0.3 is 19.2 Å². The monoisotopic (exact) mass is 289 g/mol. The van der Waals surface area contributed by atoms with Gasteiger partial charge in [-0.1, -0.05) is 25.1 Å². The largest absolute Gasteiger partial charge is 0.491 e. The SMILES string of the molecule is CCNC(c1ccc(C)o1)c1ccccc1OCCOC. The first-order valence-electron chi connectivity index (χ1n) is 7.26. The van der Waals surface area contributed by atoms with Crippen LogP contribution in [0, 0.1) is 6.92 Å². The van der Waals surface area contributed by atoms with Gasteiger partial charge >= 0.3 is 0 Å². The van der Waals surface area contributed by atoms with Crippen molar-refractivity contribution in [3.05, 3.63) is 53.5 Å². The summed E-state index contributed by atoms with van der Waals surface area (Å²) in [5.74, 6) is 2.66. The zero-order valence-electron chi connectivity index (χ0n) is 12.9. The number of rotatable bonds is 8. The summed E-state index contributed by atoms with van der Waals surface area (Å²) in [6.45, 7) is 5.98. The van der Waals surface area contributed by atoms with Crippen molar-refractivity contribution in [1.29, 1.82) is 0 Å². The minimum atomic E-state index is -0.0116. The van der Waals surface area contributed by atoms with Crippen molar-refractivity contribution < 1.29 is 13.9 Å². The van der Waals surface area contributed by atoms with E-state index in [-0.39, 0.29) is 6.04 Å². The molecule has 1 heterocycles. The molecule has 114 valence electrons. The van der Waals surface area contributed by atoms with Gasteiger partial charge in [-0.3, -0.25) is 0 Å². The second kappa shape index (κ2) is 7.86. The van der Waals surface area contributed by atoms with Gasteiger partial charge in [0.05, 0.1) is 12.6 Å². The molecule has 1 aromatic carbocycles. The van der Waals surface area contributed by atoms with E-state index in [0.29, 0.717) is 13.2 Å². The van der Waals surface area contributed by atoms with E-state index in [1.807, 2.05) is 37.3 Å². The van der Waals surface area contributed by atoms with Crippen LogP contribution in [0.1, 0.15) is 30.0 Å². The lowest BCUT2D eigenvalue weighted by Gasteiger charge is -2.19. The predicted octanol–water partition coefficient (Wildman–Crippen LogP) is 3.31. The molecule has 4 nitrogen and oxygen atoms in total. The van der Waals surface area contributed by atoms with E-state index in [4.69, 9.17) is 13.9 Å². The summed E-state index contributed by atoms with van der Waals surface area (Å²) < 4.78 is 16.7. The Morgan fingerprint density at radius 1 is 1.14 bits per heavy atom. The van der Waals surface area contributed by atoms with Crippen LogP contribution in [0.15, 0.2) is 40.8 Å². The highest BCUT2D eigenvalue weighted by molar-refractivity contribution is 5.39. The molecule has 2 aromatic rings. The smallest absolute Gasteiger partial charge is 0.125 e. The van der Waals surface area contributed by atoms with Gasteiger partial charge in [0.25, 0.3) is 0 Å². The van der Waals surface area contributed by atoms with E-state index in [1.165, 1.54) is 0 Å². The van der Waals surface area contributed by atoms with Crippen LogP contribution in [0.25, 0.3) is 0 Å². The number of methoxy groups -OCH3 is 1. The molecular weight excluding hydrogens is 266 g/mol. The fraction of sp³-hybridized carbons (Fsp3) is 0.412. The van der Waals surface area contributed by atoms with Gasteiger partial charge in [0.15, 0.2) is 0 Å². The van der Waals surface area contributed by atoms with E-state index < -0.39 is 0 Å². The molecule has 0 radical (unpaired) electrons. The molecule has 1 atom stereocenters. The Hall–Kier alpha value is -1.78. The highest BCUT2D eigenvalue weighted by Crippen LogP contribution is 2.31. The zero-order chi connectivity index (χ0) is 15.1. The van der Waals surface area contributed by atoms with Gasteiger partial charge in [-0.25, -0.2) is 0 Å². The number of hydrogen-bond donors (Lipinski definition) is 1. The van der Waals surface area contributed by atoms with E-state index in [0.717, 1.165) is 29.4 Å². The van der Waals surface area contributed by atoms with E-state index >= 15 is 0 Å². The Bertz CT molecular complexity index is 550. The number of hydrogen-bond acceptors (Lipinski definition) is 4. The Balaban J connectivity index is 2.27. The molecule has 0 spiro atoms. The minimum absolute atomic E-state index is 0.0116. The molecule has 1 unspecified atom stereocenters. The molecule has 0 saturated carbocycles. The Labute approximate surface area is 126 Å². The molecule has 0 saturated heterocycles. The highest BCUT2D eigenvalue weighted by atomic mass is 16.5. The molecule has 2 rings (SSSR count). The number of para-hydroxylation sites is 1. The van der Waals surface area contributed by atoms with Crippen molar-refractivity contribution in [3.8, 4) is 5.75 Å². The lowest BCUT2D eigenvalue weighted by atomic mass is 10.0. The molecule has 4 heteroatoms. The number of furan rings is 1. The van der Waals surface area contributed by atoms with Crippen molar-refractivity contribution in [2.75, 3.05) is 26.9 Å². The van der Waals surface area contributed by atoms with Crippen LogP contribution in [0.2, 0.25) is 0 Å². The van der Waals surface area contributed by atoms with E-state index in [1.54, 1.807) is 7.11 Å². The number of benzene rings is 1. The summed E-state index contributed by atoms with van der Waals surface area (Å²) in [6, 6.07) is 12.0. The Kier molecular flexibility index (Phi) is 5.84. The molecule has 1 aromatic heterocycles. The predicted molar refractivity (Wildman–Crippen MR) is 82.8 cm³/mol. The summed E-state index contributed by atoms with van der Waals surface area (Å²) in [7, 11) is 1.67. The molecule has 0 bridgehead atoms. The lowest BCUT2D eigenvalue weighted by Crippen LogP contribution is -2.22. The highest BCUT2D eigenvalue weighted by Gasteiger charge is 2.20. The summed E-state index contributed by atoms with van der Waals surface area (Å²) in [6.07, 6.45) is 0. The van der Waals surface area contributed by atoms with Gasteiger partial charge in [0, 0.05) is 12.7 Å². The average molecular weight is 289 g/mol. The molecular formula is C17H23NO3. The van der Waals surface area contributed by atoms with Crippen LogP contribution in [0.4, 0.5) is 0 Å². The van der Waals surface area contributed by atoms with Crippen LogP contribution in [0.5, 0.6) is 5.75 Å². The summed E-state index contributed by atoms with van der Waals surface area (Å²) in [4.78, 5) is 0. The quantitative estimate of drug-likeness (QED) is 0.757. The number of nitrogens with one attached hydrogen (secondary N) is 1. The van der Waals surface area contributed by atoms with Gasteiger partial charge in [0.2, 0.25) is 0 Å².